The van der Waals surface area contributed by atoms with Crippen LogP contribution in [0.3, 0.4) is 0 Å². The highest BCUT2D eigenvalue weighted by atomic mass is 35.5. The Bertz CT molecular complexity index is 1020. The van der Waals surface area contributed by atoms with Gasteiger partial charge in [0.05, 0.1) is 33.5 Å². The van der Waals surface area contributed by atoms with E-state index in [0.717, 1.165) is 22.5 Å². The Balaban J connectivity index is 1.69. The molecule has 1 aromatic heterocycles. The van der Waals surface area contributed by atoms with Gasteiger partial charge in [0.25, 0.3) is 5.91 Å². The molecule has 0 fully saturated rings. The summed E-state index contributed by atoms with van der Waals surface area (Å²) in [6.45, 7) is 2.89. The molecule has 1 aliphatic rings. The van der Waals surface area contributed by atoms with Crippen molar-refractivity contribution in [2.24, 2.45) is 0 Å². The van der Waals surface area contributed by atoms with Gasteiger partial charge in [-0.3, -0.25) is 4.79 Å². The fraction of sp³-hybridized carbons (Fsp3) is 0.190. The van der Waals surface area contributed by atoms with Crippen LogP contribution in [0.4, 0.5) is 0 Å². The smallest absolute Gasteiger partial charge is 0.255 e. The molecular formula is C21H17Cl2N3O. The maximum absolute atomic E-state index is 13.0. The molecule has 2 heterocycles. The average Bonchev–Trinajstić information content (AvgIpc) is 2.69. The van der Waals surface area contributed by atoms with Crippen molar-refractivity contribution in [1.29, 1.82) is 0 Å². The summed E-state index contributed by atoms with van der Waals surface area (Å²) in [4.78, 5) is 24.0. The van der Waals surface area contributed by atoms with Crippen LogP contribution in [-0.2, 0) is 13.0 Å². The lowest BCUT2D eigenvalue weighted by molar-refractivity contribution is 0.0732. The number of carbonyl (C=O) groups is 1. The Hall–Kier alpha value is -2.43. The van der Waals surface area contributed by atoms with Crippen LogP contribution >= 0.6 is 23.2 Å². The lowest BCUT2D eigenvalue weighted by atomic mass is 9.98. The van der Waals surface area contributed by atoms with Gasteiger partial charge in [-0.15, -0.1) is 0 Å². The molecule has 0 unspecified atom stereocenters. The van der Waals surface area contributed by atoms with E-state index >= 15 is 0 Å². The van der Waals surface area contributed by atoms with Crippen LogP contribution in [-0.4, -0.2) is 27.3 Å². The molecule has 4 nitrogen and oxygen atoms in total. The molecule has 0 bridgehead atoms. The Morgan fingerprint density at radius 1 is 1.04 bits per heavy atom. The molecule has 3 aromatic rings. The normalized spacial score (nSPS) is 13.4. The first-order chi connectivity index (χ1) is 13.0. The minimum Gasteiger partial charge on any atom is -0.332 e. The van der Waals surface area contributed by atoms with Crippen molar-refractivity contribution in [2.75, 3.05) is 6.54 Å². The van der Waals surface area contributed by atoms with E-state index in [-0.39, 0.29) is 5.91 Å². The second-order valence-electron chi connectivity index (χ2n) is 6.49. The number of aryl methyl sites for hydroxylation is 1. The summed E-state index contributed by atoms with van der Waals surface area (Å²) in [5.41, 5.74) is 4.43. The quantitative estimate of drug-likeness (QED) is 0.613. The van der Waals surface area contributed by atoms with E-state index < -0.39 is 0 Å². The van der Waals surface area contributed by atoms with E-state index in [1.165, 1.54) is 0 Å². The Kier molecular flexibility index (Phi) is 4.85. The van der Waals surface area contributed by atoms with Gasteiger partial charge in [-0.1, -0.05) is 59.6 Å². The number of aromatic nitrogens is 2. The lowest BCUT2D eigenvalue weighted by Gasteiger charge is -2.29. The van der Waals surface area contributed by atoms with E-state index in [9.17, 15) is 4.79 Å². The van der Waals surface area contributed by atoms with Crippen LogP contribution in [0.5, 0.6) is 0 Å². The largest absolute Gasteiger partial charge is 0.332 e. The average molecular weight is 398 g/mol. The van der Waals surface area contributed by atoms with E-state index in [1.807, 2.05) is 37.3 Å². The standard InChI is InChI=1S/C21H17Cl2N3O/c1-13-24-18-12-26(21(27)16-8-5-9-17(22)19(16)23)11-10-15(18)20(25-13)14-6-3-2-4-7-14/h2-9H,10-12H2,1H3. The number of hydrogen-bond donors (Lipinski definition) is 0. The van der Waals surface area contributed by atoms with E-state index in [2.05, 4.69) is 9.97 Å². The highest BCUT2D eigenvalue weighted by molar-refractivity contribution is 6.43. The Morgan fingerprint density at radius 3 is 2.59 bits per heavy atom. The van der Waals surface area contributed by atoms with Crippen molar-refractivity contribution in [2.45, 2.75) is 19.9 Å². The van der Waals surface area contributed by atoms with E-state index in [0.29, 0.717) is 40.9 Å². The molecule has 0 radical (unpaired) electrons. The minimum atomic E-state index is -0.134. The van der Waals surface area contributed by atoms with Crippen LogP contribution in [0.25, 0.3) is 11.3 Å². The first-order valence-corrected chi connectivity index (χ1v) is 9.45. The van der Waals surface area contributed by atoms with Gasteiger partial charge in [0.2, 0.25) is 0 Å². The fourth-order valence-corrected chi connectivity index (χ4v) is 3.78. The van der Waals surface area contributed by atoms with E-state index in [4.69, 9.17) is 23.2 Å². The van der Waals surface area contributed by atoms with Gasteiger partial charge in [-0.2, -0.15) is 0 Å². The molecule has 136 valence electrons. The zero-order chi connectivity index (χ0) is 19.0. The maximum atomic E-state index is 13.0. The second kappa shape index (κ2) is 7.29. The van der Waals surface area contributed by atoms with Crippen LogP contribution < -0.4 is 0 Å². The van der Waals surface area contributed by atoms with E-state index in [1.54, 1.807) is 23.1 Å². The topological polar surface area (TPSA) is 46.1 Å². The molecular weight excluding hydrogens is 381 g/mol. The summed E-state index contributed by atoms with van der Waals surface area (Å²) < 4.78 is 0. The van der Waals surface area contributed by atoms with Crippen LogP contribution in [0.15, 0.2) is 48.5 Å². The number of fused-ring (bicyclic) bond motifs is 1. The zero-order valence-corrected chi connectivity index (χ0v) is 16.3. The second-order valence-corrected chi connectivity index (χ2v) is 7.27. The minimum absolute atomic E-state index is 0.134. The Labute approximate surface area is 167 Å². The molecule has 0 atom stereocenters. The molecule has 6 heteroatoms. The summed E-state index contributed by atoms with van der Waals surface area (Å²) in [5.74, 6) is 0.563. The highest BCUT2D eigenvalue weighted by Gasteiger charge is 2.27. The van der Waals surface area contributed by atoms with Gasteiger partial charge in [0.15, 0.2) is 0 Å². The SMILES string of the molecule is Cc1nc2c(c(-c3ccccc3)n1)CCN(C(=O)c1cccc(Cl)c1Cl)C2. The number of halogens is 2. The summed E-state index contributed by atoms with van der Waals surface area (Å²) in [7, 11) is 0. The third kappa shape index (κ3) is 3.43. The van der Waals surface area contributed by atoms with Crippen molar-refractivity contribution in [1.82, 2.24) is 14.9 Å². The summed E-state index contributed by atoms with van der Waals surface area (Å²) in [5, 5.41) is 0.670. The number of amides is 1. The molecule has 0 saturated heterocycles. The predicted molar refractivity (Wildman–Crippen MR) is 107 cm³/mol. The number of hydrogen-bond acceptors (Lipinski definition) is 3. The summed E-state index contributed by atoms with van der Waals surface area (Å²) >= 11 is 12.3. The van der Waals surface area contributed by atoms with Crippen molar-refractivity contribution in [3.63, 3.8) is 0 Å². The molecule has 0 spiro atoms. The van der Waals surface area contributed by atoms with Crippen LogP contribution in [0, 0.1) is 6.92 Å². The van der Waals surface area contributed by atoms with Crippen molar-refractivity contribution >= 4 is 29.1 Å². The van der Waals surface area contributed by atoms with Crippen molar-refractivity contribution in [3.8, 4) is 11.3 Å². The van der Waals surface area contributed by atoms with Crippen LogP contribution in [0.1, 0.15) is 27.4 Å². The van der Waals surface area contributed by atoms with Gasteiger partial charge >= 0.3 is 0 Å². The third-order valence-electron chi connectivity index (χ3n) is 4.69. The number of benzene rings is 2. The Morgan fingerprint density at radius 2 is 1.81 bits per heavy atom. The maximum Gasteiger partial charge on any atom is 0.255 e. The first-order valence-electron chi connectivity index (χ1n) is 8.69. The van der Waals surface area contributed by atoms with Gasteiger partial charge in [-0.05, 0) is 25.5 Å². The third-order valence-corrected chi connectivity index (χ3v) is 5.51. The molecule has 2 aromatic carbocycles. The van der Waals surface area contributed by atoms with Gasteiger partial charge < -0.3 is 4.90 Å². The molecule has 27 heavy (non-hydrogen) atoms. The number of nitrogens with zero attached hydrogens (tertiary/aromatic N) is 3. The van der Waals surface area contributed by atoms with Crippen molar-refractivity contribution < 1.29 is 4.79 Å². The molecule has 4 rings (SSSR count). The number of rotatable bonds is 2. The molecule has 0 aliphatic carbocycles. The van der Waals surface area contributed by atoms with Crippen LogP contribution in [0.2, 0.25) is 10.0 Å². The summed E-state index contributed by atoms with van der Waals surface area (Å²) in [6.07, 6.45) is 0.698. The molecule has 0 saturated carbocycles. The predicted octanol–water partition coefficient (Wildman–Crippen LogP) is 4.96. The van der Waals surface area contributed by atoms with Gasteiger partial charge in [0.1, 0.15) is 5.82 Å². The highest BCUT2D eigenvalue weighted by Crippen LogP contribution is 2.31. The molecule has 0 N–H and O–H groups in total. The fourth-order valence-electron chi connectivity index (χ4n) is 3.40. The molecule has 1 amide bonds. The molecule has 1 aliphatic heterocycles. The number of carbonyl (C=O) groups excluding carboxylic acids is 1. The monoisotopic (exact) mass is 397 g/mol. The van der Waals surface area contributed by atoms with Gasteiger partial charge in [-0.25, -0.2) is 9.97 Å². The zero-order valence-electron chi connectivity index (χ0n) is 14.7. The first kappa shape index (κ1) is 18.0. The summed E-state index contributed by atoms with van der Waals surface area (Å²) in [6, 6.07) is 15.2. The van der Waals surface area contributed by atoms with Gasteiger partial charge in [0, 0.05) is 17.7 Å². The lowest BCUT2D eigenvalue weighted by Crippen LogP contribution is -2.37. The van der Waals surface area contributed by atoms with Crippen molar-refractivity contribution in [3.05, 3.63) is 81.2 Å².